The van der Waals surface area contributed by atoms with Gasteiger partial charge in [0.1, 0.15) is 18.3 Å². The molecule has 22 heavy (non-hydrogen) atoms. The molecule has 0 aliphatic heterocycles. The van der Waals surface area contributed by atoms with E-state index in [4.69, 9.17) is 0 Å². The molecular weight excluding hydrogens is 274 g/mol. The van der Waals surface area contributed by atoms with Gasteiger partial charge in [-0.15, -0.1) is 0 Å². The molecule has 4 nitrogen and oxygen atoms in total. The fraction of sp³-hybridized carbons (Fsp3) is 0.333. The molecule has 2 atom stereocenters. The van der Waals surface area contributed by atoms with Gasteiger partial charge in [0.25, 0.3) is 0 Å². The highest BCUT2D eigenvalue weighted by molar-refractivity contribution is 5.86. The van der Waals surface area contributed by atoms with Crippen molar-refractivity contribution in [2.45, 2.75) is 37.3 Å². The maximum atomic E-state index is 11.6. The fourth-order valence-corrected chi connectivity index (χ4v) is 3.78. The van der Waals surface area contributed by atoms with E-state index in [0.717, 1.165) is 42.0 Å². The van der Waals surface area contributed by atoms with Gasteiger partial charge in [0, 0.05) is 0 Å². The van der Waals surface area contributed by atoms with Gasteiger partial charge in [-0.3, -0.25) is 0 Å². The first-order chi connectivity index (χ1) is 10.8. The Kier molecular flexibility index (Phi) is 3.19. The van der Waals surface area contributed by atoms with Crippen LogP contribution in [0.1, 0.15) is 37.3 Å². The van der Waals surface area contributed by atoms with Crippen molar-refractivity contribution in [3.8, 4) is 0 Å². The molecule has 1 aliphatic carbocycles. The smallest absolute Gasteiger partial charge is 0.137 e. The van der Waals surface area contributed by atoms with Gasteiger partial charge in [-0.1, -0.05) is 55.3 Å². The number of nitrogens with zero attached hydrogens (tertiary/aromatic N) is 3. The maximum absolute atomic E-state index is 11.6. The Labute approximate surface area is 129 Å². The third kappa shape index (κ3) is 2.03. The van der Waals surface area contributed by atoms with E-state index in [0.29, 0.717) is 0 Å². The Morgan fingerprint density at radius 1 is 1.09 bits per heavy atom. The standard InChI is InChI=1S/C18H19N3O/c22-18(11-4-3-10-17(18)21-13-19-12-20-21)16-9-5-7-14-6-1-2-8-15(14)16/h1-2,5-9,12-13,17,22H,3-4,10-11H2. The van der Waals surface area contributed by atoms with E-state index in [1.807, 2.05) is 22.9 Å². The lowest BCUT2D eigenvalue weighted by molar-refractivity contribution is -0.0504. The second-order valence-corrected chi connectivity index (χ2v) is 6.09. The van der Waals surface area contributed by atoms with Crippen LogP contribution in [0.25, 0.3) is 10.8 Å². The number of fused-ring (bicyclic) bond motifs is 1. The molecule has 2 unspecified atom stereocenters. The molecule has 4 heteroatoms. The average Bonchev–Trinajstić information content (AvgIpc) is 3.09. The van der Waals surface area contributed by atoms with Crippen molar-refractivity contribution in [3.63, 3.8) is 0 Å². The van der Waals surface area contributed by atoms with Crippen molar-refractivity contribution in [2.24, 2.45) is 0 Å². The van der Waals surface area contributed by atoms with Crippen LogP contribution in [-0.4, -0.2) is 19.9 Å². The molecule has 0 amide bonds. The topological polar surface area (TPSA) is 50.9 Å². The minimum atomic E-state index is -0.896. The first-order valence-electron chi connectivity index (χ1n) is 7.84. The van der Waals surface area contributed by atoms with Crippen molar-refractivity contribution >= 4 is 10.8 Å². The van der Waals surface area contributed by atoms with Crippen LogP contribution in [0.15, 0.2) is 55.1 Å². The number of aromatic nitrogens is 3. The van der Waals surface area contributed by atoms with Crippen LogP contribution >= 0.6 is 0 Å². The van der Waals surface area contributed by atoms with Crippen LogP contribution in [0.2, 0.25) is 0 Å². The molecule has 2 aromatic carbocycles. The molecule has 1 aliphatic rings. The summed E-state index contributed by atoms with van der Waals surface area (Å²) < 4.78 is 1.82. The summed E-state index contributed by atoms with van der Waals surface area (Å²) in [6.07, 6.45) is 7.07. The lowest BCUT2D eigenvalue weighted by Gasteiger charge is -2.40. The first-order valence-corrected chi connectivity index (χ1v) is 7.84. The van der Waals surface area contributed by atoms with E-state index in [9.17, 15) is 5.11 Å². The second-order valence-electron chi connectivity index (χ2n) is 6.09. The predicted octanol–water partition coefficient (Wildman–Crippen LogP) is 3.43. The summed E-state index contributed by atoms with van der Waals surface area (Å²) in [5.41, 5.74) is 0.109. The van der Waals surface area contributed by atoms with Gasteiger partial charge in [0.05, 0.1) is 6.04 Å². The first kappa shape index (κ1) is 13.5. The molecule has 1 saturated carbocycles. The van der Waals surface area contributed by atoms with Crippen molar-refractivity contribution in [3.05, 3.63) is 60.7 Å². The second kappa shape index (κ2) is 5.21. The number of rotatable bonds is 2. The van der Waals surface area contributed by atoms with Crippen molar-refractivity contribution < 1.29 is 5.11 Å². The van der Waals surface area contributed by atoms with Crippen molar-refractivity contribution in [2.75, 3.05) is 0 Å². The molecule has 0 spiro atoms. The zero-order chi connectivity index (χ0) is 15.0. The Hall–Kier alpha value is -2.20. The van der Waals surface area contributed by atoms with E-state index in [1.165, 1.54) is 6.33 Å². The Morgan fingerprint density at radius 3 is 2.82 bits per heavy atom. The highest BCUT2D eigenvalue weighted by Gasteiger charge is 2.42. The molecule has 0 bridgehead atoms. The van der Waals surface area contributed by atoms with E-state index in [2.05, 4.69) is 34.3 Å². The predicted molar refractivity (Wildman–Crippen MR) is 85.4 cm³/mol. The Morgan fingerprint density at radius 2 is 1.95 bits per heavy atom. The Balaban J connectivity index is 1.90. The maximum Gasteiger partial charge on any atom is 0.137 e. The highest BCUT2D eigenvalue weighted by Crippen LogP contribution is 2.46. The lowest BCUT2D eigenvalue weighted by Crippen LogP contribution is -2.40. The van der Waals surface area contributed by atoms with Crippen LogP contribution in [-0.2, 0) is 5.60 Å². The Bertz CT molecular complexity index is 779. The van der Waals surface area contributed by atoms with E-state index in [1.54, 1.807) is 6.33 Å². The zero-order valence-electron chi connectivity index (χ0n) is 12.4. The molecule has 1 aromatic heterocycles. The van der Waals surface area contributed by atoms with Gasteiger partial charge in [-0.25, -0.2) is 9.67 Å². The summed E-state index contributed by atoms with van der Waals surface area (Å²) in [5.74, 6) is 0. The fourth-order valence-electron chi connectivity index (χ4n) is 3.78. The molecule has 112 valence electrons. The van der Waals surface area contributed by atoms with Crippen molar-refractivity contribution in [1.82, 2.24) is 14.8 Å². The highest BCUT2D eigenvalue weighted by atomic mass is 16.3. The van der Waals surface area contributed by atoms with Gasteiger partial charge < -0.3 is 5.11 Å². The number of hydrogen-bond donors (Lipinski definition) is 1. The van der Waals surface area contributed by atoms with Crippen LogP contribution in [0, 0.1) is 0 Å². The molecular formula is C18H19N3O. The normalized spacial score (nSPS) is 25.4. The van der Waals surface area contributed by atoms with Gasteiger partial charge >= 0.3 is 0 Å². The summed E-state index contributed by atoms with van der Waals surface area (Å²) in [6, 6.07) is 14.4. The quantitative estimate of drug-likeness (QED) is 0.787. The van der Waals surface area contributed by atoms with Gasteiger partial charge in [-0.2, -0.15) is 5.10 Å². The van der Waals surface area contributed by atoms with Gasteiger partial charge in [0.2, 0.25) is 0 Å². The van der Waals surface area contributed by atoms with E-state index >= 15 is 0 Å². The molecule has 0 saturated heterocycles. The number of hydrogen-bond acceptors (Lipinski definition) is 3. The third-order valence-electron chi connectivity index (χ3n) is 4.85. The largest absolute Gasteiger partial charge is 0.383 e. The molecule has 1 N–H and O–H groups in total. The minimum absolute atomic E-state index is 0.0606. The van der Waals surface area contributed by atoms with Gasteiger partial charge in [-0.05, 0) is 29.2 Å². The minimum Gasteiger partial charge on any atom is -0.383 e. The lowest BCUT2D eigenvalue weighted by atomic mass is 9.74. The zero-order valence-corrected chi connectivity index (χ0v) is 12.4. The van der Waals surface area contributed by atoms with E-state index < -0.39 is 5.60 Å². The molecule has 4 rings (SSSR count). The average molecular weight is 293 g/mol. The summed E-state index contributed by atoms with van der Waals surface area (Å²) in [4.78, 5) is 4.06. The summed E-state index contributed by atoms with van der Waals surface area (Å²) >= 11 is 0. The molecule has 1 heterocycles. The molecule has 0 radical (unpaired) electrons. The monoisotopic (exact) mass is 293 g/mol. The summed E-state index contributed by atoms with van der Waals surface area (Å²) in [7, 11) is 0. The van der Waals surface area contributed by atoms with Crippen LogP contribution in [0.5, 0.6) is 0 Å². The third-order valence-corrected chi connectivity index (χ3v) is 4.85. The van der Waals surface area contributed by atoms with Crippen LogP contribution in [0.3, 0.4) is 0 Å². The summed E-state index contributed by atoms with van der Waals surface area (Å²) in [6.45, 7) is 0. The van der Waals surface area contributed by atoms with Crippen LogP contribution < -0.4 is 0 Å². The van der Waals surface area contributed by atoms with Crippen molar-refractivity contribution in [1.29, 1.82) is 0 Å². The molecule has 1 fully saturated rings. The van der Waals surface area contributed by atoms with Crippen LogP contribution in [0.4, 0.5) is 0 Å². The van der Waals surface area contributed by atoms with E-state index in [-0.39, 0.29) is 6.04 Å². The SMILES string of the molecule is OC1(c2cccc3ccccc23)CCCCC1n1cncn1. The summed E-state index contributed by atoms with van der Waals surface area (Å²) in [5, 5.41) is 18.2. The number of aliphatic hydroxyl groups is 1. The molecule has 3 aromatic rings. The van der Waals surface area contributed by atoms with Gasteiger partial charge in [0.15, 0.2) is 0 Å². The number of benzene rings is 2.